The molecule has 2 aromatic rings. The van der Waals surface area contributed by atoms with Crippen LogP contribution in [0.15, 0.2) is 35.1 Å². The van der Waals surface area contributed by atoms with E-state index in [0.717, 1.165) is 29.9 Å². The van der Waals surface area contributed by atoms with Crippen molar-refractivity contribution in [2.75, 3.05) is 11.9 Å². The normalized spacial score (nSPS) is 14.0. The second-order valence-corrected chi connectivity index (χ2v) is 4.26. The number of aromatic amines is 1. The predicted octanol–water partition coefficient (Wildman–Crippen LogP) is 1.16. The maximum Gasteiger partial charge on any atom is 0.255 e. The Labute approximate surface area is 104 Å². The van der Waals surface area contributed by atoms with Crippen molar-refractivity contribution in [1.82, 2.24) is 15.3 Å². The molecule has 1 aromatic heterocycles. The molecule has 0 radical (unpaired) electrons. The van der Waals surface area contributed by atoms with E-state index in [-0.39, 0.29) is 5.56 Å². The van der Waals surface area contributed by atoms with Crippen molar-refractivity contribution in [3.8, 4) is 0 Å². The summed E-state index contributed by atoms with van der Waals surface area (Å²) in [7, 11) is 0. The van der Waals surface area contributed by atoms with Crippen molar-refractivity contribution >= 4 is 11.6 Å². The van der Waals surface area contributed by atoms with Crippen LogP contribution in [0, 0.1) is 0 Å². The average molecular weight is 242 g/mol. The summed E-state index contributed by atoms with van der Waals surface area (Å²) in [6.07, 6.45) is 0.739. The van der Waals surface area contributed by atoms with Crippen LogP contribution in [-0.2, 0) is 13.0 Å². The number of nitrogens with zero attached hydrogens (tertiary/aromatic N) is 1. The fourth-order valence-electron chi connectivity index (χ4n) is 2.09. The van der Waals surface area contributed by atoms with Crippen molar-refractivity contribution in [3.63, 3.8) is 0 Å². The molecule has 3 N–H and O–H groups in total. The number of nitrogens with one attached hydrogen (secondary N) is 3. The van der Waals surface area contributed by atoms with Crippen LogP contribution in [0.25, 0.3) is 0 Å². The third kappa shape index (κ3) is 2.12. The van der Waals surface area contributed by atoms with Gasteiger partial charge in [0, 0.05) is 17.8 Å². The molecule has 0 aliphatic carbocycles. The molecule has 92 valence electrons. The molecule has 3 rings (SSSR count). The Balaban J connectivity index is 1.94. The monoisotopic (exact) mass is 242 g/mol. The molecule has 1 aliphatic rings. The van der Waals surface area contributed by atoms with Gasteiger partial charge in [-0.2, -0.15) is 0 Å². The number of H-pyrrole nitrogens is 1. The third-order valence-corrected chi connectivity index (χ3v) is 2.98. The topological polar surface area (TPSA) is 69.8 Å². The molecule has 0 amide bonds. The van der Waals surface area contributed by atoms with Crippen molar-refractivity contribution in [3.05, 3.63) is 51.9 Å². The van der Waals surface area contributed by atoms with Crippen LogP contribution in [0.2, 0.25) is 0 Å². The quantitative estimate of drug-likeness (QED) is 0.739. The first-order chi connectivity index (χ1) is 8.83. The molecule has 0 bridgehead atoms. The molecule has 0 saturated heterocycles. The zero-order valence-electron chi connectivity index (χ0n) is 9.86. The summed E-state index contributed by atoms with van der Waals surface area (Å²) < 4.78 is 0. The third-order valence-electron chi connectivity index (χ3n) is 2.98. The second-order valence-electron chi connectivity index (χ2n) is 4.26. The Hall–Kier alpha value is -2.14. The van der Waals surface area contributed by atoms with E-state index in [1.165, 1.54) is 0 Å². The molecule has 0 fully saturated rings. The molecule has 5 nitrogen and oxygen atoms in total. The summed E-state index contributed by atoms with van der Waals surface area (Å²) in [5.41, 5.74) is 2.50. The van der Waals surface area contributed by atoms with Gasteiger partial charge in [-0.05, 0) is 25.1 Å². The zero-order valence-corrected chi connectivity index (χ0v) is 9.86. The van der Waals surface area contributed by atoms with Crippen molar-refractivity contribution in [2.24, 2.45) is 0 Å². The summed E-state index contributed by atoms with van der Waals surface area (Å²) in [5.74, 6) is 0.494. The first kappa shape index (κ1) is 11.0. The van der Waals surface area contributed by atoms with E-state index in [2.05, 4.69) is 20.6 Å². The molecule has 1 aromatic carbocycles. The van der Waals surface area contributed by atoms with Gasteiger partial charge < -0.3 is 10.6 Å². The highest BCUT2D eigenvalue weighted by atomic mass is 16.1. The largest absolute Gasteiger partial charge is 0.326 e. The lowest BCUT2D eigenvalue weighted by Crippen LogP contribution is -2.31. The molecule has 0 spiro atoms. The van der Waals surface area contributed by atoms with Crippen LogP contribution in [-0.4, -0.2) is 16.5 Å². The van der Waals surface area contributed by atoms with Gasteiger partial charge in [-0.15, -0.1) is 0 Å². The number of hydrogen-bond donors (Lipinski definition) is 3. The van der Waals surface area contributed by atoms with Crippen LogP contribution >= 0.6 is 0 Å². The van der Waals surface area contributed by atoms with Crippen molar-refractivity contribution < 1.29 is 0 Å². The van der Waals surface area contributed by atoms with E-state index >= 15 is 0 Å². The molecule has 18 heavy (non-hydrogen) atoms. The van der Waals surface area contributed by atoms with Crippen LogP contribution in [0.1, 0.15) is 11.3 Å². The van der Waals surface area contributed by atoms with E-state index in [9.17, 15) is 4.79 Å². The van der Waals surface area contributed by atoms with Crippen LogP contribution in [0.4, 0.5) is 11.6 Å². The number of para-hydroxylation sites is 1. The van der Waals surface area contributed by atoms with E-state index in [1.54, 1.807) is 0 Å². The highest BCUT2D eigenvalue weighted by Gasteiger charge is 2.14. The van der Waals surface area contributed by atoms with E-state index in [1.807, 2.05) is 30.3 Å². The fourth-order valence-corrected chi connectivity index (χ4v) is 2.09. The first-order valence-corrected chi connectivity index (χ1v) is 5.98. The molecule has 2 heterocycles. The van der Waals surface area contributed by atoms with Crippen molar-refractivity contribution in [1.29, 1.82) is 0 Å². The Bertz CT molecular complexity index is 606. The van der Waals surface area contributed by atoms with Gasteiger partial charge in [-0.25, -0.2) is 4.98 Å². The first-order valence-electron chi connectivity index (χ1n) is 5.98. The van der Waals surface area contributed by atoms with Crippen LogP contribution in [0.5, 0.6) is 0 Å². The standard InChI is InChI=1S/C13H14N4O/c18-12-10-6-7-14-8-11(10)16-13(17-12)15-9-4-2-1-3-5-9/h1-5,14H,6-8H2,(H2,15,16,17,18). The number of aromatic nitrogens is 2. The second kappa shape index (κ2) is 4.62. The van der Waals surface area contributed by atoms with Gasteiger partial charge in [0.25, 0.3) is 5.56 Å². The van der Waals surface area contributed by atoms with E-state index in [0.29, 0.717) is 12.5 Å². The van der Waals surface area contributed by atoms with Gasteiger partial charge in [0.15, 0.2) is 0 Å². The van der Waals surface area contributed by atoms with Gasteiger partial charge in [0.1, 0.15) is 0 Å². The molecular weight excluding hydrogens is 228 g/mol. The summed E-state index contributed by atoms with van der Waals surface area (Å²) in [5, 5.41) is 6.32. The maximum absolute atomic E-state index is 11.9. The molecule has 0 saturated carbocycles. The summed E-state index contributed by atoms with van der Waals surface area (Å²) in [6.45, 7) is 1.49. The number of fused-ring (bicyclic) bond motifs is 1. The molecule has 5 heteroatoms. The lowest BCUT2D eigenvalue weighted by Gasteiger charge is -2.16. The maximum atomic E-state index is 11.9. The van der Waals surface area contributed by atoms with E-state index < -0.39 is 0 Å². The van der Waals surface area contributed by atoms with Crippen LogP contribution in [0.3, 0.4) is 0 Å². The molecule has 1 aliphatic heterocycles. The van der Waals surface area contributed by atoms with Gasteiger partial charge in [0.2, 0.25) is 5.95 Å². The summed E-state index contributed by atoms with van der Waals surface area (Å²) >= 11 is 0. The number of anilines is 2. The molecular formula is C13H14N4O. The predicted molar refractivity (Wildman–Crippen MR) is 70.0 cm³/mol. The van der Waals surface area contributed by atoms with Gasteiger partial charge >= 0.3 is 0 Å². The van der Waals surface area contributed by atoms with Gasteiger partial charge in [-0.1, -0.05) is 18.2 Å². The highest BCUT2D eigenvalue weighted by Crippen LogP contribution is 2.13. The Morgan fingerprint density at radius 2 is 2.06 bits per heavy atom. The summed E-state index contributed by atoms with van der Waals surface area (Å²) in [6, 6.07) is 9.66. The number of hydrogen-bond acceptors (Lipinski definition) is 4. The van der Waals surface area contributed by atoms with Gasteiger partial charge in [-0.3, -0.25) is 9.78 Å². The lowest BCUT2D eigenvalue weighted by atomic mass is 10.1. The zero-order chi connectivity index (χ0) is 12.4. The number of benzene rings is 1. The van der Waals surface area contributed by atoms with Crippen molar-refractivity contribution in [2.45, 2.75) is 13.0 Å². The number of rotatable bonds is 2. The molecule has 0 unspecified atom stereocenters. The lowest BCUT2D eigenvalue weighted by molar-refractivity contribution is 0.620. The van der Waals surface area contributed by atoms with Crippen LogP contribution < -0.4 is 16.2 Å². The Kier molecular flexibility index (Phi) is 2.82. The average Bonchev–Trinajstić information content (AvgIpc) is 2.40. The highest BCUT2D eigenvalue weighted by molar-refractivity contribution is 5.52. The minimum atomic E-state index is -0.0417. The Morgan fingerprint density at radius 1 is 1.22 bits per heavy atom. The van der Waals surface area contributed by atoms with E-state index in [4.69, 9.17) is 0 Å². The fraction of sp³-hybridized carbons (Fsp3) is 0.231. The summed E-state index contributed by atoms with van der Waals surface area (Å²) in [4.78, 5) is 19.1. The smallest absolute Gasteiger partial charge is 0.255 e. The SMILES string of the molecule is O=c1[nH]c(Nc2ccccc2)nc2c1CCNC2. The minimum Gasteiger partial charge on any atom is -0.326 e. The van der Waals surface area contributed by atoms with Gasteiger partial charge in [0.05, 0.1) is 5.69 Å². The minimum absolute atomic E-state index is 0.0417. The Morgan fingerprint density at radius 3 is 2.89 bits per heavy atom. The molecule has 0 atom stereocenters.